The molecular formula is C16H27NS. The second-order valence-corrected chi connectivity index (χ2v) is 6.09. The second kappa shape index (κ2) is 8.60. The Morgan fingerprint density at radius 2 is 1.89 bits per heavy atom. The number of hydrogen-bond acceptors (Lipinski definition) is 2. The highest BCUT2D eigenvalue weighted by Crippen LogP contribution is 2.23. The van der Waals surface area contributed by atoms with E-state index in [2.05, 4.69) is 69.0 Å². The zero-order valence-electron chi connectivity index (χ0n) is 12.2. The van der Waals surface area contributed by atoms with E-state index in [9.17, 15) is 0 Å². The van der Waals surface area contributed by atoms with E-state index < -0.39 is 0 Å². The summed E-state index contributed by atoms with van der Waals surface area (Å²) in [6, 6.07) is 9.22. The first-order valence-electron chi connectivity index (χ1n) is 7.05. The molecule has 0 aliphatic rings. The van der Waals surface area contributed by atoms with Crippen LogP contribution in [0.15, 0.2) is 24.3 Å². The maximum absolute atomic E-state index is 3.61. The van der Waals surface area contributed by atoms with Gasteiger partial charge in [-0.25, -0.2) is 0 Å². The summed E-state index contributed by atoms with van der Waals surface area (Å²) in [5.74, 6) is 3.27. The van der Waals surface area contributed by atoms with Crippen LogP contribution in [0.25, 0.3) is 0 Å². The van der Waals surface area contributed by atoms with Crippen molar-refractivity contribution >= 4 is 11.8 Å². The van der Waals surface area contributed by atoms with Gasteiger partial charge in [0, 0.05) is 11.8 Å². The number of nitrogens with one attached hydrogen (secondary N) is 1. The van der Waals surface area contributed by atoms with Gasteiger partial charge < -0.3 is 5.32 Å². The highest BCUT2D eigenvalue weighted by Gasteiger charge is 2.12. The Morgan fingerprint density at radius 1 is 1.17 bits per heavy atom. The van der Waals surface area contributed by atoms with Crippen molar-refractivity contribution in [3.63, 3.8) is 0 Å². The van der Waals surface area contributed by atoms with Crippen LogP contribution in [0.2, 0.25) is 0 Å². The molecule has 1 rings (SSSR count). The van der Waals surface area contributed by atoms with E-state index >= 15 is 0 Å². The van der Waals surface area contributed by atoms with Crippen molar-refractivity contribution in [3.8, 4) is 0 Å². The lowest BCUT2D eigenvalue weighted by atomic mass is 10.0. The molecule has 2 unspecified atom stereocenters. The van der Waals surface area contributed by atoms with Gasteiger partial charge in [0.2, 0.25) is 0 Å². The minimum absolute atomic E-state index is 0.491. The van der Waals surface area contributed by atoms with Crippen LogP contribution in [-0.4, -0.2) is 18.1 Å². The number of benzene rings is 1. The molecule has 1 nitrogen and oxygen atoms in total. The van der Waals surface area contributed by atoms with E-state index in [4.69, 9.17) is 0 Å². The fraction of sp³-hybridized carbons (Fsp3) is 0.625. The van der Waals surface area contributed by atoms with Crippen LogP contribution in [0.1, 0.15) is 44.4 Å². The summed E-state index contributed by atoms with van der Waals surface area (Å²) in [7, 11) is 0. The molecule has 1 N–H and O–H groups in total. The van der Waals surface area contributed by atoms with E-state index in [1.807, 2.05) is 0 Å². The molecule has 0 aliphatic carbocycles. The van der Waals surface area contributed by atoms with E-state index in [1.165, 1.54) is 29.1 Å². The van der Waals surface area contributed by atoms with Crippen LogP contribution in [0.5, 0.6) is 0 Å². The molecule has 0 saturated carbocycles. The van der Waals surface area contributed by atoms with Gasteiger partial charge in [-0.2, -0.15) is 11.8 Å². The summed E-state index contributed by atoms with van der Waals surface area (Å²) >= 11 is 2.08. The highest BCUT2D eigenvalue weighted by molar-refractivity contribution is 7.99. The number of thioether (sulfide) groups is 1. The normalized spacial score (nSPS) is 14.4. The molecule has 0 fully saturated rings. The fourth-order valence-corrected chi connectivity index (χ4v) is 3.30. The highest BCUT2D eigenvalue weighted by atomic mass is 32.2. The third-order valence-electron chi connectivity index (χ3n) is 3.40. The molecule has 102 valence electrons. The Hall–Kier alpha value is -0.470. The molecule has 0 spiro atoms. The Bertz CT molecular complexity index is 338. The van der Waals surface area contributed by atoms with Gasteiger partial charge >= 0.3 is 0 Å². The molecule has 18 heavy (non-hydrogen) atoms. The Kier molecular flexibility index (Phi) is 7.45. The molecule has 0 aliphatic heterocycles. The first kappa shape index (κ1) is 15.6. The average molecular weight is 265 g/mol. The van der Waals surface area contributed by atoms with Gasteiger partial charge in [-0.15, -0.1) is 0 Å². The fourth-order valence-electron chi connectivity index (χ4n) is 1.99. The molecule has 0 radical (unpaired) electrons. The Balaban J connectivity index is 2.57. The topological polar surface area (TPSA) is 12.0 Å². The van der Waals surface area contributed by atoms with E-state index in [0.717, 1.165) is 12.5 Å². The zero-order chi connectivity index (χ0) is 13.4. The smallest absolute Gasteiger partial charge is 0.0414 e. The van der Waals surface area contributed by atoms with Crippen molar-refractivity contribution < 1.29 is 0 Å². The van der Waals surface area contributed by atoms with Crippen molar-refractivity contribution in [1.29, 1.82) is 0 Å². The van der Waals surface area contributed by atoms with Crippen LogP contribution in [-0.2, 0) is 0 Å². The molecule has 0 bridgehead atoms. The second-order valence-electron chi connectivity index (χ2n) is 5.02. The van der Waals surface area contributed by atoms with Crippen molar-refractivity contribution in [2.45, 2.75) is 40.2 Å². The van der Waals surface area contributed by atoms with Crippen molar-refractivity contribution in [3.05, 3.63) is 35.4 Å². The van der Waals surface area contributed by atoms with Gasteiger partial charge in [0.25, 0.3) is 0 Å². The summed E-state index contributed by atoms with van der Waals surface area (Å²) in [5.41, 5.74) is 2.85. The molecule has 0 heterocycles. The van der Waals surface area contributed by atoms with Gasteiger partial charge in [-0.3, -0.25) is 0 Å². The Labute approximate surface area is 117 Å². The average Bonchev–Trinajstić information content (AvgIpc) is 2.38. The van der Waals surface area contributed by atoms with Gasteiger partial charge in [0.05, 0.1) is 0 Å². The van der Waals surface area contributed by atoms with Crippen molar-refractivity contribution in [1.82, 2.24) is 5.32 Å². The standard InChI is InChI=1S/C16H27NS/c1-5-13(3)11-18-12-16(17-6-2)15-10-8-7-9-14(15)4/h7-10,13,16-17H,5-6,11-12H2,1-4H3. The summed E-state index contributed by atoms with van der Waals surface area (Å²) in [6.07, 6.45) is 1.28. The maximum atomic E-state index is 3.61. The lowest BCUT2D eigenvalue weighted by molar-refractivity contribution is 0.599. The summed E-state index contributed by atoms with van der Waals surface area (Å²) in [6.45, 7) is 10.0. The van der Waals surface area contributed by atoms with Gasteiger partial charge in [0.1, 0.15) is 0 Å². The monoisotopic (exact) mass is 265 g/mol. The third-order valence-corrected chi connectivity index (χ3v) is 4.77. The first-order chi connectivity index (χ1) is 8.69. The molecule has 0 aromatic heterocycles. The summed E-state index contributed by atoms with van der Waals surface area (Å²) in [5, 5.41) is 3.61. The zero-order valence-corrected chi connectivity index (χ0v) is 13.0. The number of rotatable bonds is 8. The summed E-state index contributed by atoms with van der Waals surface area (Å²) < 4.78 is 0. The van der Waals surface area contributed by atoms with Crippen LogP contribution >= 0.6 is 11.8 Å². The predicted octanol–water partition coefficient (Wildman–Crippen LogP) is 4.42. The minimum atomic E-state index is 0.491. The number of hydrogen-bond donors (Lipinski definition) is 1. The molecule has 2 heteroatoms. The molecule has 1 aromatic rings. The lowest BCUT2D eigenvalue weighted by Crippen LogP contribution is -2.24. The van der Waals surface area contributed by atoms with Gasteiger partial charge in [-0.1, -0.05) is 51.5 Å². The molecule has 0 amide bonds. The van der Waals surface area contributed by atoms with Crippen LogP contribution in [0.4, 0.5) is 0 Å². The molecule has 0 saturated heterocycles. The van der Waals surface area contributed by atoms with Crippen LogP contribution in [0, 0.1) is 12.8 Å². The van der Waals surface area contributed by atoms with Crippen LogP contribution in [0.3, 0.4) is 0 Å². The van der Waals surface area contributed by atoms with E-state index in [1.54, 1.807) is 0 Å². The van der Waals surface area contributed by atoms with Crippen molar-refractivity contribution in [2.75, 3.05) is 18.1 Å². The molecule has 2 atom stereocenters. The quantitative estimate of drug-likeness (QED) is 0.746. The first-order valence-corrected chi connectivity index (χ1v) is 8.21. The van der Waals surface area contributed by atoms with Gasteiger partial charge in [-0.05, 0) is 36.3 Å². The van der Waals surface area contributed by atoms with Crippen LogP contribution < -0.4 is 5.32 Å². The minimum Gasteiger partial charge on any atom is -0.310 e. The number of aryl methyl sites for hydroxylation is 1. The van der Waals surface area contributed by atoms with E-state index in [-0.39, 0.29) is 0 Å². The maximum Gasteiger partial charge on any atom is 0.0414 e. The molecular weight excluding hydrogens is 238 g/mol. The lowest BCUT2D eigenvalue weighted by Gasteiger charge is -2.20. The van der Waals surface area contributed by atoms with Gasteiger partial charge in [0.15, 0.2) is 0 Å². The SMILES string of the molecule is CCNC(CSCC(C)CC)c1ccccc1C. The Morgan fingerprint density at radius 3 is 2.50 bits per heavy atom. The van der Waals surface area contributed by atoms with E-state index in [0.29, 0.717) is 6.04 Å². The third kappa shape index (κ3) is 5.03. The van der Waals surface area contributed by atoms with Crippen molar-refractivity contribution in [2.24, 2.45) is 5.92 Å². The molecule has 1 aromatic carbocycles. The predicted molar refractivity (Wildman–Crippen MR) is 84.4 cm³/mol. The summed E-state index contributed by atoms with van der Waals surface area (Å²) in [4.78, 5) is 0. The largest absolute Gasteiger partial charge is 0.310 e.